The molecule has 2 aromatic carbocycles. The van der Waals surface area contributed by atoms with Gasteiger partial charge in [0.2, 0.25) is 0 Å². The zero-order chi connectivity index (χ0) is 25.8. The second-order valence-corrected chi connectivity index (χ2v) is 8.99. The lowest BCUT2D eigenvalue weighted by molar-refractivity contribution is -0.131. The molecule has 0 bridgehead atoms. The van der Waals surface area contributed by atoms with Gasteiger partial charge in [0.05, 0.1) is 14.2 Å². The highest BCUT2D eigenvalue weighted by Crippen LogP contribution is 2.35. The molecule has 0 unspecified atom stereocenters. The van der Waals surface area contributed by atoms with E-state index in [0.29, 0.717) is 35.6 Å². The maximum absolute atomic E-state index is 12.3. The molecule has 0 aliphatic carbocycles. The third-order valence-electron chi connectivity index (χ3n) is 5.92. The molecular formula is C27H28N4O4S. The van der Waals surface area contributed by atoms with Crippen molar-refractivity contribution in [1.82, 2.24) is 19.3 Å². The summed E-state index contributed by atoms with van der Waals surface area (Å²) in [4.78, 5) is 12.5. The molecule has 2 aromatic heterocycles. The van der Waals surface area contributed by atoms with E-state index in [9.17, 15) is 9.90 Å². The number of carboxylic acids is 1. The number of hydrogen-bond donors (Lipinski definition) is 1. The van der Waals surface area contributed by atoms with E-state index in [1.807, 2.05) is 60.9 Å². The molecule has 0 aliphatic rings. The summed E-state index contributed by atoms with van der Waals surface area (Å²) < 4.78 is 14.8. The number of allylic oxidation sites excluding steroid dienone is 1. The summed E-state index contributed by atoms with van der Waals surface area (Å²) >= 11 is 1.08. The normalized spacial score (nSPS) is 11.6. The van der Waals surface area contributed by atoms with Gasteiger partial charge in [0.1, 0.15) is 16.4 Å². The summed E-state index contributed by atoms with van der Waals surface area (Å²) in [6.07, 6.45) is 3.55. The first kappa shape index (κ1) is 25.1. The Morgan fingerprint density at radius 1 is 1.11 bits per heavy atom. The van der Waals surface area contributed by atoms with Gasteiger partial charge in [0.25, 0.3) is 0 Å². The molecule has 186 valence electrons. The molecule has 0 aliphatic heterocycles. The van der Waals surface area contributed by atoms with Crippen LogP contribution in [0.15, 0.2) is 65.2 Å². The molecular weight excluding hydrogens is 476 g/mol. The molecule has 9 heteroatoms. The van der Waals surface area contributed by atoms with Crippen molar-refractivity contribution in [1.29, 1.82) is 0 Å². The lowest BCUT2D eigenvalue weighted by Crippen LogP contribution is -2.03. The largest absolute Gasteiger partial charge is 0.497 e. The van der Waals surface area contributed by atoms with Crippen molar-refractivity contribution >= 4 is 34.7 Å². The van der Waals surface area contributed by atoms with Crippen LogP contribution in [0.1, 0.15) is 18.2 Å². The number of para-hydroxylation sites is 1. The van der Waals surface area contributed by atoms with Gasteiger partial charge in [-0.3, -0.25) is 0 Å². The highest BCUT2D eigenvalue weighted by molar-refractivity contribution is 8.04. The van der Waals surface area contributed by atoms with Crippen molar-refractivity contribution in [3.63, 3.8) is 0 Å². The average Bonchev–Trinajstić information content (AvgIpc) is 3.42. The quantitative estimate of drug-likeness (QED) is 0.170. The Bertz CT molecular complexity index is 1450. The van der Waals surface area contributed by atoms with Gasteiger partial charge in [0, 0.05) is 46.9 Å². The summed E-state index contributed by atoms with van der Waals surface area (Å²) in [5.74, 6) is 0.819. The molecule has 4 rings (SSSR count). The Balaban J connectivity index is 1.78. The van der Waals surface area contributed by atoms with E-state index in [0.717, 1.165) is 39.5 Å². The molecule has 0 saturated heterocycles. The van der Waals surface area contributed by atoms with Crippen LogP contribution in [0, 0.1) is 6.92 Å². The number of ether oxygens (including phenoxy) is 2. The number of benzene rings is 2. The van der Waals surface area contributed by atoms with Crippen molar-refractivity contribution in [2.75, 3.05) is 14.2 Å². The fourth-order valence-corrected chi connectivity index (χ4v) is 5.04. The van der Waals surface area contributed by atoms with E-state index in [1.54, 1.807) is 26.4 Å². The first-order valence-electron chi connectivity index (χ1n) is 11.4. The number of aromatic nitrogens is 4. The molecule has 4 aromatic rings. The minimum absolute atomic E-state index is 0.150. The smallest absolute Gasteiger partial charge is 0.342 e. The third-order valence-corrected chi connectivity index (χ3v) is 6.92. The van der Waals surface area contributed by atoms with Crippen LogP contribution in [0.3, 0.4) is 0 Å². The fraction of sp³-hybridized carbons (Fsp3) is 0.222. The molecule has 0 saturated carbocycles. The van der Waals surface area contributed by atoms with Gasteiger partial charge in [-0.15, -0.1) is 16.8 Å². The van der Waals surface area contributed by atoms with Crippen molar-refractivity contribution < 1.29 is 19.4 Å². The van der Waals surface area contributed by atoms with Crippen molar-refractivity contribution in [2.45, 2.75) is 32.1 Å². The number of thioether (sulfide) groups is 1. The van der Waals surface area contributed by atoms with E-state index in [-0.39, 0.29) is 4.91 Å². The molecule has 0 fully saturated rings. The summed E-state index contributed by atoms with van der Waals surface area (Å²) in [6, 6.07) is 13.4. The highest BCUT2D eigenvalue weighted by atomic mass is 32.2. The molecule has 1 N–H and O–H groups in total. The predicted molar refractivity (Wildman–Crippen MR) is 143 cm³/mol. The van der Waals surface area contributed by atoms with Gasteiger partial charge in [-0.1, -0.05) is 24.3 Å². The number of rotatable bonds is 10. The van der Waals surface area contributed by atoms with Crippen LogP contribution in [0.4, 0.5) is 0 Å². The van der Waals surface area contributed by atoms with Crippen molar-refractivity contribution in [3.8, 4) is 22.9 Å². The Hall–Kier alpha value is -3.98. The molecule has 0 amide bonds. The predicted octanol–water partition coefficient (Wildman–Crippen LogP) is 5.65. The van der Waals surface area contributed by atoms with Crippen LogP contribution in [-0.4, -0.2) is 44.6 Å². The van der Waals surface area contributed by atoms with E-state index >= 15 is 0 Å². The third kappa shape index (κ3) is 4.74. The van der Waals surface area contributed by atoms with Gasteiger partial charge < -0.3 is 23.7 Å². The number of hydrogen-bond acceptors (Lipinski definition) is 6. The number of carboxylic acid groups (broad SMARTS) is 1. The maximum atomic E-state index is 12.3. The second kappa shape index (κ2) is 10.7. The zero-order valence-electron chi connectivity index (χ0n) is 20.7. The van der Waals surface area contributed by atoms with E-state index in [1.165, 1.54) is 0 Å². The molecule has 36 heavy (non-hydrogen) atoms. The molecule has 2 heterocycles. The topological polar surface area (TPSA) is 91.4 Å². The SMILES string of the molecule is C=CCn1c(C)c(/C=C(\Sc2nnc(-c3cc(OC)cc(OC)c3)n2CC)C(=O)O)c2ccccc21. The Morgan fingerprint density at radius 2 is 1.81 bits per heavy atom. The van der Waals surface area contributed by atoms with E-state index < -0.39 is 5.97 Å². The van der Waals surface area contributed by atoms with E-state index in [2.05, 4.69) is 21.3 Å². The lowest BCUT2D eigenvalue weighted by atomic mass is 10.1. The first-order valence-corrected chi connectivity index (χ1v) is 12.2. The number of nitrogens with zero attached hydrogens (tertiary/aromatic N) is 4. The minimum Gasteiger partial charge on any atom is -0.497 e. The zero-order valence-corrected chi connectivity index (χ0v) is 21.5. The average molecular weight is 505 g/mol. The fourth-order valence-electron chi connectivity index (χ4n) is 4.17. The van der Waals surface area contributed by atoms with Gasteiger partial charge in [-0.05, 0) is 49.9 Å². The van der Waals surface area contributed by atoms with Crippen molar-refractivity contribution in [3.05, 3.63) is 71.3 Å². The molecule has 0 atom stereocenters. The summed E-state index contributed by atoms with van der Waals surface area (Å²) in [6.45, 7) is 8.99. The number of methoxy groups -OCH3 is 2. The minimum atomic E-state index is -1.03. The van der Waals surface area contributed by atoms with Gasteiger partial charge in [-0.25, -0.2) is 4.79 Å². The number of aliphatic carboxylic acids is 1. The summed E-state index contributed by atoms with van der Waals surface area (Å²) in [7, 11) is 3.17. The van der Waals surface area contributed by atoms with Crippen LogP contribution in [0.25, 0.3) is 28.4 Å². The van der Waals surface area contributed by atoms with Gasteiger partial charge >= 0.3 is 5.97 Å². The lowest BCUT2D eigenvalue weighted by Gasteiger charge is -2.10. The molecule has 0 spiro atoms. The van der Waals surface area contributed by atoms with Crippen LogP contribution < -0.4 is 9.47 Å². The Morgan fingerprint density at radius 3 is 2.42 bits per heavy atom. The van der Waals surface area contributed by atoms with Gasteiger partial charge in [0.15, 0.2) is 11.0 Å². The molecule has 8 nitrogen and oxygen atoms in total. The van der Waals surface area contributed by atoms with Crippen LogP contribution in [0.5, 0.6) is 11.5 Å². The van der Waals surface area contributed by atoms with Crippen molar-refractivity contribution in [2.24, 2.45) is 0 Å². The first-order chi connectivity index (χ1) is 17.4. The maximum Gasteiger partial charge on any atom is 0.342 e. The van der Waals surface area contributed by atoms with E-state index in [4.69, 9.17) is 9.47 Å². The number of fused-ring (bicyclic) bond motifs is 1. The van der Waals surface area contributed by atoms with Gasteiger partial charge in [-0.2, -0.15) is 0 Å². The monoisotopic (exact) mass is 504 g/mol. The van der Waals surface area contributed by atoms with Crippen LogP contribution >= 0.6 is 11.8 Å². The Labute approximate surface area is 213 Å². The highest BCUT2D eigenvalue weighted by Gasteiger charge is 2.21. The summed E-state index contributed by atoms with van der Waals surface area (Å²) in [5, 5.41) is 20.3. The second-order valence-electron chi connectivity index (χ2n) is 7.98. The van der Waals surface area contributed by atoms with Crippen LogP contribution in [-0.2, 0) is 17.9 Å². The van der Waals surface area contributed by atoms with Crippen LogP contribution in [0.2, 0.25) is 0 Å². The number of carbonyl (C=O) groups is 1. The Kier molecular flexibility index (Phi) is 7.49. The standard InChI is InChI=1S/C27H28N4O4S/c1-6-12-31-17(3)22(21-10-8-9-11-23(21)31)16-24(26(32)33)36-27-29-28-25(30(27)7-2)18-13-19(34-4)15-20(14-18)35-5/h6,8-11,13-16H,1,7,12H2,2-5H3,(H,32,33)/b24-16-. The summed E-state index contributed by atoms with van der Waals surface area (Å²) in [5.41, 5.74) is 3.62. The molecule has 0 radical (unpaired) electrons.